The van der Waals surface area contributed by atoms with Gasteiger partial charge in [-0.25, -0.2) is 14.4 Å². The quantitative estimate of drug-likeness (QED) is 0.0298. The molecule has 2 atom stereocenters. The van der Waals surface area contributed by atoms with E-state index in [9.17, 15) is 24.0 Å². The zero-order valence-corrected chi connectivity index (χ0v) is 36.2. The van der Waals surface area contributed by atoms with Gasteiger partial charge in [0.05, 0.1) is 7.11 Å². The molecule has 0 spiro atoms. The molecule has 0 aliphatic heterocycles. The minimum atomic E-state index is -1.29. The summed E-state index contributed by atoms with van der Waals surface area (Å²) in [6, 6.07) is 42.5. The van der Waals surface area contributed by atoms with Crippen LogP contribution in [0.2, 0.25) is 0 Å². The predicted octanol–water partition coefficient (Wildman–Crippen LogP) is 8.14. The number of nitrogens with one attached hydrogen (secondary N) is 4. The second kappa shape index (κ2) is 21.2. The summed E-state index contributed by atoms with van der Waals surface area (Å²) < 4.78 is 16.2. The standard InChI is InChI=1S/C51H56N4O8/c1-50(2,3)63-48(59)52-33-19-18-30-44(47(58)61-4)53-46(57)43(54-49(60)62-34-42-40-28-16-14-26-38(40)39-27-15-17-29-41(39)42)31-32-45(56)55-51(35-20-8-5-9-21-35,36-22-10-6-11-23-36)37-24-12-7-13-25-37/h5-17,20-29,42-44H,18-19,30-34H2,1-4H3,(H,52,59)(H,53,57)(H,54,60)(H,55,56). The van der Waals surface area contributed by atoms with Crippen LogP contribution in [0.15, 0.2) is 140 Å². The van der Waals surface area contributed by atoms with Crippen molar-refractivity contribution in [3.05, 3.63) is 167 Å². The number of alkyl carbamates (subject to hydrolysis) is 2. The molecule has 1 aliphatic carbocycles. The summed E-state index contributed by atoms with van der Waals surface area (Å²) in [5.74, 6) is -1.99. The monoisotopic (exact) mass is 852 g/mol. The first-order valence-corrected chi connectivity index (χ1v) is 21.3. The van der Waals surface area contributed by atoms with Crippen molar-refractivity contribution in [1.29, 1.82) is 0 Å². The molecule has 5 aromatic carbocycles. The van der Waals surface area contributed by atoms with Crippen LogP contribution in [0.25, 0.3) is 11.1 Å². The second-order valence-corrected chi connectivity index (χ2v) is 16.5. The number of carbonyl (C=O) groups is 5. The Bertz CT molecular complexity index is 2190. The van der Waals surface area contributed by atoms with E-state index in [0.29, 0.717) is 12.8 Å². The highest BCUT2D eigenvalue weighted by Gasteiger charge is 2.38. The highest BCUT2D eigenvalue weighted by atomic mass is 16.6. The molecule has 4 amide bonds. The van der Waals surface area contributed by atoms with Gasteiger partial charge in [-0.1, -0.05) is 140 Å². The SMILES string of the molecule is COC(=O)C(CCCCNC(=O)OC(C)(C)C)NC(=O)C(CCC(=O)NC(c1ccccc1)(c1ccccc1)c1ccccc1)NC(=O)OCC1c2ccccc2-c2ccccc21. The van der Waals surface area contributed by atoms with Crippen molar-refractivity contribution >= 4 is 30.0 Å². The van der Waals surface area contributed by atoms with Crippen LogP contribution in [0.4, 0.5) is 9.59 Å². The zero-order chi connectivity index (χ0) is 44.8. The number of esters is 1. The number of carbonyl (C=O) groups excluding carboxylic acids is 5. The van der Waals surface area contributed by atoms with Crippen molar-refractivity contribution < 1.29 is 38.2 Å². The molecule has 63 heavy (non-hydrogen) atoms. The molecule has 0 aromatic heterocycles. The van der Waals surface area contributed by atoms with Crippen LogP contribution in [0.1, 0.15) is 86.6 Å². The third-order valence-electron chi connectivity index (χ3n) is 10.9. The Hall–Kier alpha value is -6.95. The Morgan fingerprint density at radius 1 is 0.603 bits per heavy atom. The van der Waals surface area contributed by atoms with E-state index in [2.05, 4.69) is 21.3 Å². The molecule has 0 heterocycles. The molecule has 4 N–H and O–H groups in total. The molecule has 0 saturated carbocycles. The Labute approximate surface area is 369 Å². The molecule has 0 saturated heterocycles. The van der Waals surface area contributed by atoms with Gasteiger partial charge in [0.2, 0.25) is 11.8 Å². The first-order chi connectivity index (χ1) is 30.4. The van der Waals surface area contributed by atoms with E-state index < -0.39 is 47.3 Å². The number of hydrogen-bond donors (Lipinski definition) is 4. The molecule has 0 bridgehead atoms. The van der Waals surface area contributed by atoms with Crippen molar-refractivity contribution in [2.24, 2.45) is 0 Å². The van der Waals surface area contributed by atoms with E-state index >= 15 is 0 Å². The molecule has 5 aromatic rings. The third-order valence-corrected chi connectivity index (χ3v) is 10.9. The molecular formula is C51H56N4O8. The Morgan fingerprint density at radius 2 is 1.11 bits per heavy atom. The summed E-state index contributed by atoms with van der Waals surface area (Å²) in [4.78, 5) is 67.3. The fourth-order valence-corrected chi connectivity index (χ4v) is 8.02. The molecule has 1 aliphatic rings. The number of hydrogen-bond acceptors (Lipinski definition) is 8. The predicted molar refractivity (Wildman–Crippen MR) is 241 cm³/mol. The summed E-state index contributed by atoms with van der Waals surface area (Å²) in [5.41, 5.74) is 4.90. The zero-order valence-electron chi connectivity index (χ0n) is 36.2. The van der Waals surface area contributed by atoms with Crippen molar-refractivity contribution in [3.63, 3.8) is 0 Å². The normalized spacial score (nSPS) is 13.0. The smallest absolute Gasteiger partial charge is 0.407 e. The first-order valence-electron chi connectivity index (χ1n) is 21.3. The van der Waals surface area contributed by atoms with Crippen LogP contribution >= 0.6 is 0 Å². The van der Waals surface area contributed by atoms with E-state index in [1.165, 1.54) is 7.11 Å². The Balaban J connectivity index is 1.20. The van der Waals surface area contributed by atoms with Gasteiger partial charge in [0.25, 0.3) is 0 Å². The number of ether oxygens (including phenoxy) is 3. The molecule has 6 rings (SSSR count). The summed E-state index contributed by atoms with van der Waals surface area (Å²) in [7, 11) is 1.22. The largest absolute Gasteiger partial charge is 0.467 e. The molecule has 0 fully saturated rings. The molecule has 0 radical (unpaired) electrons. The van der Waals surface area contributed by atoms with E-state index in [1.807, 2.05) is 140 Å². The highest BCUT2D eigenvalue weighted by Crippen LogP contribution is 2.44. The highest BCUT2D eigenvalue weighted by molar-refractivity contribution is 5.90. The van der Waals surface area contributed by atoms with E-state index in [0.717, 1.165) is 38.9 Å². The van der Waals surface area contributed by atoms with E-state index in [-0.39, 0.29) is 44.2 Å². The van der Waals surface area contributed by atoms with Gasteiger partial charge in [0.15, 0.2) is 0 Å². The van der Waals surface area contributed by atoms with Gasteiger partial charge in [-0.3, -0.25) is 9.59 Å². The number of rotatable bonds is 18. The van der Waals surface area contributed by atoms with Crippen LogP contribution < -0.4 is 21.3 Å². The average molecular weight is 853 g/mol. The summed E-state index contributed by atoms with van der Waals surface area (Å²) in [5, 5.41) is 11.5. The number of unbranched alkanes of at least 4 members (excludes halogenated alkanes) is 1. The van der Waals surface area contributed by atoms with Crippen LogP contribution in [0.3, 0.4) is 0 Å². The van der Waals surface area contributed by atoms with Crippen LogP contribution in [-0.2, 0) is 34.1 Å². The Morgan fingerprint density at radius 3 is 1.62 bits per heavy atom. The number of methoxy groups -OCH3 is 1. The van der Waals surface area contributed by atoms with Gasteiger partial charge >= 0.3 is 18.2 Å². The third kappa shape index (κ3) is 11.7. The maximum absolute atomic E-state index is 14.3. The van der Waals surface area contributed by atoms with Crippen LogP contribution in [0.5, 0.6) is 0 Å². The van der Waals surface area contributed by atoms with Gasteiger partial charge in [-0.2, -0.15) is 0 Å². The lowest BCUT2D eigenvalue weighted by atomic mass is 9.77. The second-order valence-electron chi connectivity index (χ2n) is 16.5. The number of benzene rings is 5. The summed E-state index contributed by atoms with van der Waals surface area (Å²) >= 11 is 0. The molecule has 328 valence electrons. The van der Waals surface area contributed by atoms with Crippen LogP contribution in [0, 0.1) is 0 Å². The van der Waals surface area contributed by atoms with Crippen molar-refractivity contribution in [2.75, 3.05) is 20.3 Å². The molecule has 12 heteroatoms. The molecular weight excluding hydrogens is 797 g/mol. The maximum Gasteiger partial charge on any atom is 0.407 e. The van der Waals surface area contributed by atoms with Gasteiger partial charge < -0.3 is 35.5 Å². The van der Waals surface area contributed by atoms with E-state index in [4.69, 9.17) is 14.2 Å². The lowest BCUT2D eigenvalue weighted by molar-refractivity contribution is -0.145. The average Bonchev–Trinajstić information content (AvgIpc) is 3.61. The van der Waals surface area contributed by atoms with Crippen molar-refractivity contribution in [2.45, 2.75) is 82.0 Å². The number of amides is 4. The van der Waals surface area contributed by atoms with Crippen LogP contribution in [-0.4, -0.2) is 67.9 Å². The summed E-state index contributed by atoms with van der Waals surface area (Å²) in [6.45, 7) is 5.60. The lowest BCUT2D eigenvalue weighted by Crippen LogP contribution is -2.53. The van der Waals surface area contributed by atoms with Gasteiger partial charge in [-0.05, 0) is 85.4 Å². The first kappa shape index (κ1) is 45.6. The van der Waals surface area contributed by atoms with Gasteiger partial charge in [-0.15, -0.1) is 0 Å². The topological polar surface area (TPSA) is 161 Å². The minimum Gasteiger partial charge on any atom is -0.467 e. The van der Waals surface area contributed by atoms with Crippen molar-refractivity contribution in [3.8, 4) is 11.1 Å². The fourth-order valence-electron chi connectivity index (χ4n) is 8.02. The van der Waals surface area contributed by atoms with Crippen molar-refractivity contribution in [1.82, 2.24) is 21.3 Å². The molecule has 2 unspecified atom stereocenters. The Kier molecular flexibility index (Phi) is 15.4. The fraction of sp³-hybridized carbons (Fsp3) is 0.314. The van der Waals surface area contributed by atoms with Gasteiger partial charge in [0.1, 0.15) is 29.8 Å². The van der Waals surface area contributed by atoms with E-state index in [1.54, 1.807) is 20.8 Å². The van der Waals surface area contributed by atoms with Gasteiger partial charge in [0, 0.05) is 18.9 Å². The number of fused-ring (bicyclic) bond motifs is 3. The minimum absolute atomic E-state index is 0.00451. The maximum atomic E-state index is 14.3. The summed E-state index contributed by atoms with van der Waals surface area (Å²) in [6.07, 6.45) is -0.633. The molecule has 12 nitrogen and oxygen atoms in total. The lowest BCUT2D eigenvalue weighted by Gasteiger charge is -2.37.